The summed E-state index contributed by atoms with van der Waals surface area (Å²) in [6, 6.07) is 4.32. The number of nitrogens with zero attached hydrogens (tertiary/aromatic N) is 1. The Morgan fingerprint density at radius 3 is 2.78 bits per heavy atom. The fourth-order valence-corrected chi connectivity index (χ4v) is 2.09. The van der Waals surface area contributed by atoms with Crippen molar-refractivity contribution < 1.29 is 19.4 Å². The molecule has 0 aromatic heterocycles. The number of hydrogen-bond donors (Lipinski definition) is 1. The topological polar surface area (TPSA) is 66.8 Å². The van der Waals surface area contributed by atoms with Gasteiger partial charge in [0.15, 0.2) is 6.04 Å². The summed E-state index contributed by atoms with van der Waals surface area (Å²) in [4.78, 5) is 23.9. The van der Waals surface area contributed by atoms with Crippen LogP contribution in [-0.4, -0.2) is 35.5 Å². The Balaban J connectivity index is 2.37. The van der Waals surface area contributed by atoms with Gasteiger partial charge in [0, 0.05) is 20.4 Å². The summed E-state index contributed by atoms with van der Waals surface area (Å²) in [6.45, 7) is 1.98. The van der Waals surface area contributed by atoms with Crippen molar-refractivity contribution in [2.45, 2.75) is 19.4 Å². The summed E-state index contributed by atoms with van der Waals surface area (Å²) >= 11 is 0. The van der Waals surface area contributed by atoms with Gasteiger partial charge in [-0.25, -0.2) is 4.79 Å². The maximum Gasteiger partial charge on any atom is 0.331 e. The standard InChI is InChI=1S/C13H15NO4/c1-8(15)14(2)12(13(16)17)10-3-4-11-9(7-10)5-6-18-11/h3-4,7,12H,5-6H2,1-2H3,(H,16,17). The molecule has 5 heteroatoms. The number of carboxylic acid groups (broad SMARTS) is 1. The van der Waals surface area contributed by atoms with E-state index in [1.54, 1.807) is 18.2 Å². The Labute approximate surface area is 105 Å². The second-order valence-electron chi connectivity index (χ2n) is 4.34. The Morgan fingerprint density at radius 2 is 2.17 bits per heavy atom. The van der Waals surface area contributed by atoms with Crippen LogP contribution in [0.4, 0.5) is 0 Å². The number of carboxylic acids is 1. The molecule has 0 radical (unpaired) electrons. The summed E-state index contributed by atoms with van der Waals surface area (Å²) < 4.78 is 5.37. The van der Waals surface area contributed by atoms with E-state index < -0.39 is 12.0 Å². The first-order valence-corrected chi connectivity index (χ1v) is 5.72. The van der Waals surface area contributed by atoms with Crippen LogP contribution in [0, 0.1) is 0 Å². The molecule has 1 heterocycles. The van der Waals surface area contributed by atoms with Crippen molar-refractivity contribution in [3.8, 4) is 5.75 Å². The Kier molecular flexibility index (Phi) is 3.23. The van der Waals surface area contributed by atoms with E-state index in [9.17, 15) is 14.7 Å². The van der Waals surface area contributed by atoms with Gasteiger partial charge in [-0.05, 0) is 23.3 Å². The minimum absolute atomic E-state index is 0.279. The van der Waals surface area contributed by atoms with Crippen LogP contribution in [0.25, 0.3) is 0 Å². The lowest BCUT2D eigenvalue weighted by Crippen LogP contribution is -2.34. The van der Waals surface area contributed by atoms with Gasteiger partial charge < -0.3 is 14.7 Å². The molecule has 1 aliphatic rings. The van der Waals surface area contributed by atoms with E-state index in [0.29, 0.717) is 12.2 Å². The van der Waals surface area contributed by atoms with Crippen molar-refractivity contribution >= 4 is 11.9 Å². The van der Waals surface area contributed by atoms with E-state index in [0.717, 1.165) is 17.7 Å². The van der Waals surface area contributed by atoms with Crippen LogP contribution in [-0.2, 0) is 16.0 Å². The summed E-state index contributed by atoms with van der Waals surface area (Å²) in [5, 5.41) is 9.27. The molecule has 0 fully saturated rings. The van der Waals surface area contributed by atoms with Crippen molar-refractivity contribution in [1.82, 2.24) is 4.90 Å². The van der Waals surface area contributed by atoms with Crippen LogP contribution in [0.3, 0.4) is 0 Å². The molecule has 0 spiro atoms. The van der Waals surface area contributed by atoms with E-state index in [4.69, 9.17) is 4.74 Å². The average molecular weight is 249 g/mol. The Hall–Kier alpha value is -2.04. The highest BCUT2D eigenvalue weighted by Crippen LogP contribution is 2.30. The highest BCUT2D eigenvalue weighted by molar-refractivity contribution is 5.83. The lowest BCUT2D eigenvalue weighted by Gasteiger charge is -2.24. The predicted octanol–water partition coefficient (Wildman–Crippen LogP) is 1.23. The molecular formula is C13H15NO4. The largest absolute Gasteiger partial charge is 0.493 e. The van der Waals surface area contributed by atoms with Gasteiger partial charge in [0.25, 0.3) is 0 Å². The van der Waals surface area contributed by atoms with E-state index in [-0.39, 0.29) is 5.91 Å². The summed E-state index contributed by atoms with van der Waals surface area (Å²) in [6.07, 6.45) is 0.777. The zero-order chi connectivity index (χ0) is 13.3. The number of carbonyl (C=O) groups excluding carboxylic acids is 1. The quantitative estimate of drug-likeness (QED) is 0.874. The minimum atomic E-state index is -1.04. The summed E-state index contributed by atoms with van der Waals surface area (Å²) in [7, 11) is 1.49. The molecule has 0 saturated carbocycles. The molecule has 0 bridgehead atoms. The van der Waals surface area contributed by atoms with Crippen molar-refractivity contribution in [1.29, 1.82) is 0 Å². The van der Waals surface area contributed by atoms with E-state index in [1.165, 1.54) is 18.9 Å². The number of carbonyl (C=O) groups is 2. The van der Waals surface area contributed by atoms with E-state index in [1.807, 2.05) is 0 Å². The summed E-state index contributed by atoms with van der Waals surface area (Å²) in [5.41, 5.74) is 1.60. The molecule has 1 amide bonds. The number of hydrogen-bond acceptors (Lipinski definition) is 3. The lowest BCUT2D eigenvalue weighted by atomic mass is 10.0. The van der Waals surface area contributed by atoms with Crippen LogP contribution < -0.4 is 4.74 Å². The molecule has 1 aromatic carbocycles. The van der Waals surface area contributed by atoms with Crippen LogP contribution >= 0.6 is 0 Å². The number of rotatable bonds is 3. The second-order valence-corrected chi connectivity index (χ2v) is 4.34. The van der Waals surface area contributed by atoms with Gasteiger partial charge in [-0.15, -0.1) is 0 Å². The first-order chi connectivity index (χ1) is 8.50. The van der Waals surface area contributed by atoms with E-state index in [2.05, 4.69) is 0 Å². The molecule has 1 aliphatic heterocycles. The SMILES string of the molecule is CC(=O)N(C)C(C(=O)O)c1ccc2c(c1)CCO2. The highest BCUT2D eigenvalue weighted by atomic mass is 16.5. The molecule has 0 aliphatic carbocycles. The van der Waals surface area contributed by atoms with E-state index >= 15 is 0 Å². The normalized spacial score (nSPS) is 14.6. The molecule has 0 saturated heterocycles. The molecule has 1 atom stereocenters. The van der Waals surface area contributed by atoms with Crippen LogP contribution in [0.15, 0.2) is 18.2 Å². The monoisotopic (exact) mass is 249 g/mol. The first-order valence-electron chi connectivity index (χ1n) is 5.72. The van der Waals surface area contributed by atoms with Crippen LogP contribution in [0.2, 0.25) is 0 Å². The van der Waals surface area contributed by atoms with Gasteiger partial charge in [-0.3, -0.25) is 4.79 Å². The van der Waals surface area contributed by atoms with Gasteiger partial charge in [0.2, 0.25) is 5.91 Å². The number of fused-ring (bicyclic) bond motifs is 1. The van der Waals surface area contributed by atoms with Gasteiger partial charge in [-0.2, -0.15) is 0 Å². The predicted molar refractivity (Wildman–Crippen MR) is 64.5 cm³/mol. The van der Waals surface area contributed by atoms with Crippen LogP contribution in [0.5, 0.6) is 5.75 Å². The molecule has 96 valence electrons. The van der Waals surface area contributed by atoms with Gasteiger partial charge in [0.05, 0.1) is 6.61 Å². The Bertz CT molecular complexity index is 498. The third kappa shape index (κ3) is 2.16. The third-order valence-electron chi connectivity index (χ3n) is 3.15. The van der Waals surface area contributed by atoms with Crippen molar-refractivity contribution in [2.24, 2.45) is 0 Å². The number of amides is 1. The minimum Gasteiger partial charge on any atom is -0.493 e. The molecular weight excluding hydrogens is 234 g/mol. The maximum atomic E-state index is 11.3. The fourth-order valence-electron chi connectivity index (χ4n) is 2.09. The Morgan fingerprint density at radius 1 is 1.44 bits per heavy atom. The average Bonchev–Trinajstić information content (AvgIpc) is 2.75. The third-order valence-corrected chi connectivity index (χ3v) is 3.15. The molecule has 2 rings (SSSR count). The maximum absolute atomic E-state index is 11.3. The molecule has 1 unspecified atom stereocenters. The smallest absolute Gasteiger partial charge is 0.331 e. The van der Waals surface area contributed by atoms with Crippen molar-refractivity contribution in [3.05, 3.63) is 29.3 Å². The fraction of sp³-hybridized carbons (Fsp3) is 0.385. The molecule has 1 aromatic rings. The summed E-state index contributed by atoms with van der Waals surface area (Å²) in [5.74, 6) is -0.515. The lowest BCUT2D eigenvalue weighted by molar-refractivity contribution is -0.148. The van der Waals surface area contributed by atoms with Crippen LogP contribution in [0.1, 0.15) is 24.1 Å². The van der Waals surface area contributed by atoms with Crippen molar-refractivity contribution in [2.75, 3.05) is 13.7 Å². The zero-order valence-electron chi connectivity index (χ0n) is 10.3. The number of ether oxygens (including phenoxy) is 1. The number of likely N-dealkylation sites (N-methyl/N-ethyl adjacent to an activating group) is 1. The van der Waals surface area contributed by atoms with Gasteiger partial charge >= 0.3 is 5.97 Å². The number of aliphatic carboxylic acids is 1. The first kappa shape index (κ1) is 12.4. The van der Waals surface area contributed by atoms with Gasteiger partial charge in [0.1, 0.15) is 5.75 Å². The number of benzene rings is 1. The second kappa shape index (κ2) is 4.68. The highest BCUT2D eigenvalue weighted by Gasteiger charge is 2.27. The zero-order valence-corrected chi connectivity index (χ0v) is 10.3. The molecule has 5 nitrogen and oxygen atoms in total. The van der Waals surface area contributed by atoms with Gasteiger partial charge in [-0.1, -0.05) is 6.07 Å². The molecule has 1 N–H and O–H groups in total. The molecule has 18 heavy (non-hydrogen) atoms. The van der Waals surface area contributed by atoms with Crippen molar-refractivity contribution in [3.63, 3.8) is 0 Å².